The molecule has 0 atom stereocenters. The van der Waals surface area contributed by atoms with E-state index < -0.39 is 0 Å². The Hall–Kier alpha value is -1.72. The van der Waals surface area contributed by atoms with E-state index in [9.17, 15) is 4.79 Å². The number of nitrogens with one attached hydrogen (secondary N) is 1. The molecule has 1 N–H and O–H groups in total. The number of hydrogen-bond acceptors (Lipinski definition) is 3. The lowest BCUT2D eigenvalue weighted by Crippen LogP contribution is -2.32. The molecule has 146 valence electrons. The van der Waals surface area contributed by atoms with Gasteiger partial charge in [0.05, 0.1) is 5.56 Å². The van der Waals surface area contributed by atoms with Crippen LogP contribution in [0.5, 0.6) is 0 Å². The van der Waals surface area contributed by atoms with Crippen LogP contribution in [0, 0.1) is 20.8 Å². The summed E-state index contributed by atoms with van der Waals surface area (Å²) in [5.41, 5.74) is 6.30. The molecule has 1 saturated heterocycles. The third-order valence-corrected chi connectivity index (χ3v) is 6.38. The topological polar surface area (TPSA) is 37.3 Å². The number of aryl methyl sites for hydroxylation is 1. The van der Waals surface area contributed by atoms with Crippen molar-refractivity contribution in [2.45, 2.75) is 47.2 Å². The highest BCUT2D eigenvalue weighted by molar-refractivity contribution is 7.99. The highest BCUT2D eigenvalue weighted by atomic mass is 32.2. The van der Waals surface area contributed by atoms with Crippen molar-refractivity contribution in [2.24, 2.45) is 0 Å². The normalized spacial score (nSPS) is 15.3. The Bertz CT molecular complexity index is 819. The number of aromatic nitrogens is 1. The first-order valence-electron chi connectivity index (χ1n) is 9.77. The fourth-order valence-corrected chi connectivity index (χ4v) is 4.96. The first-order valence-corrected chi connectivity index (χ1v) is 10.9. The zero-order chi connectivity index (χ0) is 19.6. The summed E-state index contributed by atoms with van der Waals surface area (Å²) in [7, 11) is 0. The zero-order valence-corrected chi connectivity index (χ0v) is 17.9. The summed E-state index contributed by atoms with van der Waals surface area (Å²) < 4.78 is 2.21. The zero-order valence-electron chi connectivity index (χ0n) is 17.1. The number of rotatable bonds is 5. The SMILES string of the molecule is Cc1c(CN2CCSCC2)cccc1NC(=O)c1cc(C)n(C(C)C)c1C. The maximum Gasteiger partial charge on any atom is 0.257 e. The van der Waals surface area contributed by atoms with Crippen LogP contribution in [0.4, 0.5) is 5.69 Å². The lowest BCUT2D eigenvalue weighted by molar-refractivity contribution is 0.102. The van der Waals surface area contributed by atoms with E-state index >= 15 is 0 Å². The highest BCUT2D eigenvalue weighted by Gasteiger charge is 2.19. The molecule has 1 aliphatic heterocycles. The Kier molecular flexibility index (Phi) is 6.33. The number of amides is 1. The van der Waals surface area contributed by atoms with Gasteiger partial charge < -0.3 is 9.88 Å². The lowest BCUT2D eigenvalue weighted by atomic mass is 10.1. The van der Waals surface area contributed by atoms with Gasteiger partial charge in [-0.2, -0.15) is 11.8 Å². The standard InChI is InChI=1S/C22H31N3OS/c1-15(2)25-16(3)13-20(18(25)5)22(26)23-21-8-6-7-19(17(21)4)14-24-9-11-27-12-10-24/h6-8,13,15H,9-12,14H2,1-5H3,(H,23,26). The maximum absolute atomic E-state index is 12.9. The number of carbonyl (C=O) groups is 1. The molecule has 1 fully saturated rings. The molecule has 27 heavy (non-hydrogen) atoms. The summed E-state index contributed by atoms with van der Waals surface area (Å²) in [6.45, 7) is 13.7. The second-order valence-corrected chi connectivity index (χ2v) is 8.91. The fourth-order valence-electron chi connectivity index (χ4n) is 3.98. The Morgan fingerprint density at radius 1 is 1.19 bits per heavy atom. The minimum atomic E-state index is -0.0235. The number of thioether (sulfide) groups is 1. The summed E-state index contributed by atoms with van der Waals surface area (Å²) >= 11 is 2.03. The van der Waals surface area contributed by atoms with E-state index in [1.807, 2.05) is 36.9 Å². The lowest BCUT2D eigenvalue weighted by Gasteiger charge is -2.27. The summed E-state index contributed by atoms with van der Waals surface area (Å²) in [4.78, 5) is 15.4. The van der Waals surface area contributed by atoms with E-state index in [2.05, 4.69) is 48.5 Å². The van der Waals surface area contributed by atoms with Crippen molar-refractivity contribution in [1.82, 2.24) is 9.47 Å². The van der Waals surface area contributed by atoms with E-state index in [-0.39, 0.29) is 5.91 Å². The van der Waals surface area contributed by atoms with Crippen LogP contribution in [0.3, 0.4) is 0 Å². The highest BCUT2D eigenvalue weighted by Crippen LogP contribution is 2.25. The van der Waals surface area contributed by atoms with Crippen molar-refractivity contribution in [3.63, 3.8) is 0 Å². The van der Waals surface area contributed by atoms with Crippen molar-refractivity contribution in [1.29, 1.82) is 0 Å². The van der Waals surface area contributed by atoms with Crippen molar-refractivity contribution < 1.29 is 4.79 Å². The van der Waals surface area contributed by atoms with Gasteiger partial charge in [0.25, 0.3) is 5.91 Å². The van der Waals surface area contributed by atoms with Crippen LogP contribution in [0.25, 0.3) is 0 Å². The molecule has 2 aromatic rings. The Morgan fingerprint density at radius 3 is 2.52 bits per heavy atom. The van der Waals surface area contributed by atoms with Crippen LogP contribution in [-0.4, -0.2) is 40.0 Å². The fraction of sp³-hybridized carbons (Fsp3) is 0.500. The van der Waals surface area contributed by atoms with Gasteiger partial charge in [-0.1, -0.05) is 12.1 Å². The van der Waals surface area contributed by atoms with Gasteiger partial charge >= 0.3 is 0 Å². The Labute approximate surface area is 167 Å². The molecule has 0 aliphatic carbocycles. The molecule has 0 bridgehead atoms. The van der Waals surface area contributed by atoms with Crippen LogP contribution in [0.1, 0.15) is 52.8 Å². The van der Waals surface area contributed by atoms with Gasteiger partial charge in [-0.3, -0.25) is 9.69 Å². The molecule has 0 saturated carbocycles. The molecule has 0 unspecified atom stereocenters. The van der Waals surface area contributed by atoms with Crippen LogP contribution < -0.4 is 5.32 Å². The van der Waals surface area contributed by atoms with Gasteiger partial charge in [0, 0.05) is 54.3 Å². The molecule has 5 heteroatoms. The molecule has 2 heterocycles. The van der Waals surface area contributed by atoms with E-state index in [0.717, 1.165) is 42.3 Å². The first kappa shape index (κ1) is 20.0. The Morgan fingerprint density at radius 2 is 1.89 bits per heavy atom. The van der Waals surface area contributed by atoms with E-state index in [0.29, 0.717) is 6.04 Å². The smallest absolute Gasteiger partial charge is 0.257 e. The molecule has 3 rings (SSSR count). The van der Waals surface area contributed by atoms with Crippen molar-refractivity contribution in [2.75, 3.05) is 29.9 Å². The third kappa shape index (κ3) is 4.41. The van der Waals surface area contributed by atoms with Crippen molar-refractivity contribution in [3.8, 4) is 0 Å². The number of benzene rings is 1. The third-order valence-electron chi connectivity index (χ3n) is 5.44. The second kappa shape index (κ2) is 8.53. The molecule has 4 nitrogen and oxygen atoms in total. The summed E-state index contributed by atoms with van der Waals surface area (Å²) in [6.07, 6.45) is 0. The molecule has 1 amide bonds. The number of nitrogens with zero attached hydrogens (tertiary/aromatic N) is 2. The molecular formula is C22H31N3OS. The minimum Gasteiger partial charge on any atom is -0.346 e. The van der Waals surface area contributed by atoms with Crippen molar-refractivity contribution >= 4 is 23.4 Å². The van der Waals surface area contributed by atoms with E-state index in [1.54, 1.807) is 0 Å². The molecule has 1 aromatic heterocycles. The largest absolute Gasteiger partial charge is 0.346 e. The average Bonchev–Trinajstić information content (AvgIpc) is 2.94. The number of hydrogen-bond donors (Lipinski definition) is 1. The van der Waals surface area contributed by atoms with Gasteiger partial charge in [-0.25, -0.2) is 0 Å². The summed E-state index contributed by atoms with van der Waals surface area (Å²) in [5, 5.41) is 3.15. The van der Waals surface area contributed by atoms with Gasteiger partial charge in [0.1, 0.15) is 0 Å². The quantitative estimate of drug-likeness (QED) is 0.804. The van der Waals surface area contributed by atoms with Gasteiger partial charge in [0.15, 0.2) is 0 Å². The molecular weight excluding hydrogens is 354 g/mol. The van der Waals surface area contributed by atoms with Crippen LogP contribution in [-0.2, 0) is 6.54 Å². The van der Waals surface area contributed by atoms with Crippen LogP contribution >= 0.6 is 11.8 Å². The average molecular weight is 386 g/mol. The molecule has 1 aliphatic rings. The van der Waals surface area contributed by atoms with Crippen LogP contribution in [0.2, 0.25) is 0 Å². The maximum atomic E-state index is 12.9. The van der Waals surface area contributed by atoms with Gasteiger partial charge in [-0.05, 0) is 57.9 Å². The van der Waals surface area contributed by atoms with Gasteiger partial charge in [0.2, 0.25) is 0 Å². The van der Waals surface area contributed by atoms with Crippen LogP contribution in [0.15, 0.2) is 24.3 Å². The molecule has 0 spiro atoms. The Balaban J connectivity index is 1.78. The van der Waals surface area contributed by atoms with E-state index in [1.165, 1.54) is 22.6 Å². The van der Waals surface area contributed by atoms with E-state index in [4.69, 9.17) is 0 Å². The van der Waals surface area contributed by atoms with Crippen molar-refractivity contribution in [3.05, 3.63) is 52.3 Å². The predicted molar refractivity (Wildman–Crippen MR) is 116 cm³/mol. The predicted octanol–water partition coefficient (Wildman–Crippen LogP) is 4.80. The second-order valence-electron chi connectivity index (χ2n) is 7.68. The van der Waals surface area contributed by atoms with Gasteiger partial charge in [-0.15, -0.1) is 0 Å². The number of carbonyl (C=O) groups excluding carboxylic acids is 1. The minimum absolute atomic E-state index is 0.0235. The first-order chi connectivity index (χ1) is 12.9. The summed E-state index contributed by atoms with van der Waals surface area (Å²) in [6, 6.07) is 8.57. The number of anilines is 1. The summed E-state index contributed by atoms with van der Waals surface area (Å²) in [5.74, 6) is 2.40. The molecule has 1 aromatic carbocycles. The monoisotopic (exact) mass is 385 g/mol. The molecule has 0 radical (unpaired) electrons.